The molecule has 1 aromatic rings. The molecular formula is C14H18N2O2. The first-order valence-electron chi connectivity index (χ1n) is 6.45. The number of aliphatic hydroxyl groups excluding tert-OH is 1. The van der Waals surface area contributed by atoms with Crippen LogP contribution in [0.1, 0.15) is 30.0 Å². The summed E-state index contributed by atoms with van der Waals surface area (Å²) in [5.74, 6) is 0.137. The number of fused-ring (bicyclic) bond motifs is 1. The van der Waals surface area contributed by atoms with E-state index in [2.05, 4.69) is 5.32 Å². The van der Waals surface area contributed by atoms with Gasteiger partial charge in [-0.25, -0.2) is 0 Å². The topological polar surface area (TPSA) is 52.6 Å². The lowest BCUT2D eigenvalue weighted by molar-refractivity contribution is -0.117. The van der Waals surface area contributed by atoms with Crippen molar-refractivity contribution in [2.24, 2.45) is 0 Å². The predicted octanol–water partition coefficient (Wildman–Crippen LogP) is 0.991. The summed E-state index contributed by atoms with van der Waals surface area (Å²) in [5, 5.41) is 12.9. The van der Waals surface area contributed by atoms with Crippen molar-refractivity contribution in [1.29, 1.82) is 0 Å². The Morgan fingerprint density at radius 3 is 2.94 bits per heavy atom. The molecule has 1 unspecified atom stereocenters. The summed E-state index contributed by atoms with van der Waals surface area (Å²) < 4.78 is 0. The Bertz CT molecular complexity index is 483. The molecule has 1 saturated carbocycles. The fourth-order valence-corrected chi connectivity index (χ4v) is 2.50. The van der Waals surface area contributed by atoms with Crippen molar-refractivity contribution in [2.45, 2.75) is 31.3 Å². The van der Waals surface area contributed by atoms with Gasteiger partial charge in [0.15, 0.2) is 0 Å². The van der Waals surface area contributed by atoms with Crippen molar-refractivity contribution in [1.82, 2.24) is 5.32 Å². The molecule has 1 aliphatic carbocycles. The molecule has 3 rings (SSSR count). The number of amides is 1. The largest absolute Gasteiger partial charge is 0.394 e. The maximum atomic E-state index is 11.6. The van der Waals surface area contributed by atoms with E-state index in [9.17, 15) is 9.90 Å². The Balaban J connectivity index is 1.85. The zero-order valence-corrected chi connectivity index (χ0v) is 10.5. The third-order valence-electron chi connectivity index (χ3n) is 3.78. The summed E-state index contributed by atoms with van der Waals surface area (Å²) in [5.41, 5.74) is 3.13. The molecule has 4 heteroatoms. The Hall–Kier alpha value is -1.39. The Morgan fingerprint density at radius 1 is 1.50 bits per heavy atom. The standard InChI is InChI=1S/C14H18N2O2/c1-16-13-5-2-9(6-10(13)7-14(16)18)12(8-17)15-11-3-4-11/h2,5-6,11-12,15,17H,3-4,7-8H2,1H3. The van der Waals surface area contributed by atoms with Crippen LogP contribution < -0.4 is 10.2 Å². The van der Waals surface area contributed by atoms with E-state index in [1.165, 1.54) is 12.8 Å². The number of benzene rings is 1. The number of likely N-dealkylation sites (N-methyl/N-ethyl adjacent to an activating group) is 1. The van der Waals surface area contributed by atoms with E-state index in [0.29, 0.717) is 12.5 Å². The van der Waals surface area contributed by atoms with Gasteiger partial charge in [-0.3, -0.25) is 4.79 Å². The fraction of sp³-hybridized carbons (Fsp3) is 0.500. The minimum atomic E-state index is -0.0104. The maximum absolute atomic E-state index is 11.6. The predicted molar refractivity (Wildman–Crippen MR) is 69.5 cm³/mol. The number of nitrogens with one attached hydrogen (secondary N) is 1. The number of hydrogen-bond donors (Lipinski definition) is 2. The van der Waals surface area contributed by atoms with E-state index in [-0.39, 0.29) is 18.6 Å². The lowest BCUT2D eigenvalue weighted by Gasteiger charge is -2.18. The lowest BCUT2D eigenvalue weighted by Crippen LogP contribution is -2.26. The first-order chi connectivity index (χ1) is 8.69. The molecule has 1 fully saturated rings. The molecule has 1 atom stereocenters. The second-order valence-electron chi connectivity index (χ2n) is 5.19. The van der Waals surface area contributed by atoms with Gasteiger partial charge in [-0.1, -0.05) is 12.1 Å². The molecule has 0 spiro atoms. The molecule has 2 aliphatic rings. The molecule has 18 heavy (non-hydrogen) atoms. The molecule has 1 aromatic carbocycles. The highest BCUT2D eigenvalue weighted by molar-refractivity contribution is 6.00. The van der Waals surface area contributed by atoms with E-state index in [4.69, 9.17) is 0 Å². The number of aliphatic hydroxyl groups is 1. The number of rotatable bonds is 4. The van der Waals surface area contributed by atoms with Gasteiger partial charge in [0.25, 0.3) is 0 Å². The summed E-state index contributed by atoms with van der Waals surface area (Å²) in [6, 6.07) is 6.58. The lowest BCUT2D eigenvalue weighted by atomic mass is 10.0. The van der Waals surface area contributed by atoms with Crippen molar-refractivity contribution >= 4 is 11.6 Å². The molecule has 1 aliphatic heterocycles. The van der Waals surface area contributed by atoms with Crippen LogP contribution in [0.3, 0.4) is 0 Å². The molecule has 1 heterocycles. The van der Waals surface area contributed by atoms with Crippen LogP contribution in [-0.4, -0.2) is 30.7 Å². The summed E-state index contributed by atoms with van der Waals surface area (Å²) in [6.07, 6.45) is 2.87. The molecule has 0 aromatic heterocycles. The third-order valence-corrected chi connectivity index (χ3v) is 3.78. The van der Waals surface area contributed by atoms with Crippen molar-refractivity contribution in [2.75, 3.05) is 18.6 Å². The average Bonchev–Trinajstić information content (AvgIpc) is 3.14. The highest BCUT2D eigenvalue weighted by atomic mass is 16.3. The van der Waals surface area contributed by atoms with E-state index in [0.717, 1.165) is 16.8 Å². The van der Waals surface area contributed by atoms with E-state index in [1.807, 2.05) is 18.2 Å². The van der Waals surface area contributed by atoms with Gasteiger partial charge in [-0.05, 0) is 30.0 Å². The highest BCUT2D eigenvalue weighted by Gasteiger charge is 2.27. The second kappa shape index (κ2) is 4.37. The van der Waals surface area contributed by atoms with E-state index < -0.39 is 0 Å². The second-order valence-corrected chi connectivity index (χ2v) is 5.19. The van der Waals surface area contributed by atoms with Crippen LogP contribution in [0.5, 0.6) is 0 Å². The molecule has 1 amide bonds. The zero-order valence-electron chi connectivity index (χ0n) is 10.5. The SMILES string of the molecule is CN1C(=O)Cc2cc(C(CO)NC3CC3)ccc21. The highest BCUT2D eigenvalue weighted by Crippen LogP contribution is 2.31. The number of nitrogens with zero attached hydrogens (tertiary/aromatic N) is 1. The summed E-state index contributed by atoms with van der Waals surface area (Å²) in [6.45, 7) is 0.0963. The average molecular weight is 246 g/mol. The van der Waals surface area contributed by atoms with Gasteiger partial charge in [0.2, 0.25) is 5.91 Å². The minimum absolute atomic E-state index is 0.0104. The van der Waals surface area contributed by atoms with E-state index >= 15 is 0 Å². The van der Waals surface area contributed by atoms with Gasteiger partial charge < -0.3 is 15.3 Å². The molecule has 2 N–H and O–H groups in total. The van der Waals surface area contributed by atoms with Crippen LogP contribution in [0.4, 0.5) is 5.69 Å². The number of carbonyl (C=O) groups excluding carboxylic acids is 1. The maximum Gasteiger partial charge on any atom is 0.231 e. The van der Waals surface area contributed by atoms with Crippen LogP contribution in [0.25, 0.3) is 0 Å². The van der Waals surface area contributed by atoms with Crippen molar-refractivity contribution in [3.05, 3.63) is 29.3 Å². The van der Waals surface area contributed by atoms with Gasteiger partial charge in [-0.2, -0.15) is 0 Å². The van der Waals surface area contributed by atoms with Gasteiger partial charge in [0.05, 0.1) is 19.1 Å². The van der Waals surface area contributed by atoms with E-state index in [1.54, 1.807) is 11.9 Å². The number of anilines is 1. The van der Waals surface area contributed by atoms with Crippen molar-refractivity contribution in [3.63, 3.8) is 0 Å². The molecule has 0 saturated heterocycles. The summed E-state index contributed by atoms with van der Waals surface area (Å²) in [4.78, 5) is 13.3. The van der Waals surface area contributed by atoms with Crippen LogP contribution in [0.2, 0.25) is 0 Å². The third kappa shape index (κ3) is 2.02. The first kappa shape index (κ1) is 11.7. The normalized spacial score (nSPS) is 20.1. The van der Waals surface area contributed by atoms with Gasteiger partial charge >= 0.3 is 0 Å². The van der Waals surface area contributed by atoms with Gasteiger partial charge in [0.1, 0.15) is 0 Å². The van der Waals surface area contributed by atoms with Gasteiger partial charge in [0, 0.05) is 18.8 Å². The molecule has 0 radical (unpaired) electrons. The van der Waals surface area contributed by atoms with Crippen molar-refractivity contribution < 1.29 is 9.90 Å². The fourth-order valence-electron chi connectivity index (χ4n) is 2.50. The van der Waals surface area contributed by atoms with Crippen LogP contribution >= 0.6 is 0 Å². The zero-order chi connectivity index (χ0) is 12.7. The van der Waals surface area contributed by atoms with Crippen molar-refractivity contribution in [3.8, 4) is 0 Å². The monoisotopic (exact) mass is 246 g/mol. The Kier molecular flexibility index (Phi) is 2.84. The van der Waals surface area contributed by atoms with Gasteiger partial charge in [-0.15, -0.1) is 0 Å². The number of hydrogen-bond acceptors (Lipinski definition) is 3. The molecular weight excluding hydrogens is 228 g/mol. The Labute approximate surface area is 107 Å². The van der Waals surface area contributed by atoms with Crippen LogP contribution in [-0.2, 0) is 11.2 Å². The quantitative estimate of drug-likeness (QED) is 0.833. The summed E-state index contributed by atoms with van der Waals surface area (Å²) >= 11 is 0. The number of carbonyl (C=O) groups is 1. The smallest absolute Gasteiger partial charge is 0.231 e. The molecule has 96 valence electrons. The summed E-state index contributed by atoms with van der Waals surface area (Å²) in [7, 11) is 1.81. The molecule has 0 bridgehead atoms. The first-order valence-corrected chi connectivity index (χ1v) is 6.45. The Morgan fingerprint density at radius 2 is 2.28 bits per heavy atom. The minimum Gasteiger partial charge on any atom is -0.394 e. The van der Waals surface area contributed by atoms with Crippen LogP contribution in [0, 0.1) is 0 Å². The molecule has 4 nitrogen and oxygen atoms in total. The van der Waals surface area contributed by atoms with Crippen LogP contribution in [0.15, 0.2) is 18.2 Å².